The summed E-state index contributed by atoms with van der Waals surface area (Å²) in [5, 5.41) is 2.77. The smallest absolute Gasteiger partial charge is 0.263 e. The van der Waals surface area contributed by atoms with E-state index in [-0.39, 0.29) is 5.92 Å². The second-order valence-electron chi connectivity index (χ2n) is 4.96. The number of piperidine rings is 1. The Bertz CT molecular complexity index is 544. The third kappa shape index (κ3) is 3.34. The van der Waals surface area contributed by atoms with Gasteiger partial charge in [-0.1, -0.05) is 6.92 Å². The lowest BCUT2D eigenvalue weighted by atomic mass is 10.00. The number of nitrogens with zero attached hydrogens (tertiary/aromatic N) is 2. The molecule has 1 unspecified atom stereocenters. The van der Waals surface area contributed by atoms with Crippen LogP contribution in [-0.4, -0.2) is 43.9 Å². The van der Waals surface area contributed by atoms with E-state index in [1.165, 1.54) is 16.6 Å². The van der Waals surface area contributed by atoms with Gasteiger partial charge in [-0.2, -0.15) is 4.31 Å². The third-order valence-electron chi connectivity index (χ3n) is 3.52. The van der Waals surface area contributed by atoms with Gasteiger partial charge in [0.15, 0.2) is 5.82 Å². The Balaban J connectivity index is 2.19. The number of nitrogens with one attached hydrogen (secondary N) is 1. The van der Waals surface area contributed by atoms with E-state index in [0.717, 1.165) is 32.0 Å². The molecule has 0 aliphatic carbocycles. The van der Waals surface area contributed by atoms with Gasteiger partial charge in [0.25, 0.3) is 10.0 Å². The van der Waals surface area contributed by atoms with Crippen LogP contribution in [0.25, 0.3) is 0 Å². The summed E-state index contributed by atoms with van der Waals surface area (Å²) in [6, 6.07) is 2.51. The Morgan fingerprint density at radius 1 is 1.55 bits per heavy atom. The van der Waals surface area contributed by atoms with E-state index in [1.54, 1.807) is 6.92 Å². The second kappa shape index (κ2) is 6.60. The molecule has 0 radical (unpaired) electrons. The van der Waals surface area contributed by atoms with Gasteiger partial charge in [0.05, 0.1) is 0 Å². The fraction of sp³-hybridized carbons (Fsp3) is 0.615. The summed E-state index contributed by atoms with van der Waals surface area (Å²) in [4.78, 5) is 3.69. The van der Waals surface area contributed by atoms with Crippen molar-refractivity contribution < 1.29 is 12.8 Å². The fourth-order valence-electron chi connectivity index (χ4n) is 2.45. The van der Waals surface area contributed by atoms with Crippen LogP contribution in [0.1, 0.15) is 19.8 Å². The number of aromatic nitrogens is 1. The molecule has 1 aromatic heterocycles. The summed E-state index contributed by atoms with van der Waals surface area (Å²) >= 11 is 0. The summed E-state index contributed by atoms with van der Waals surface area (Å²) in [5.41, 5.74) is 0. The number of sulfonamides is 1. The maximum absolute atomic E-state index is 13.7. The van der Waals surface area contributed by atoms with E-state index < -0.39 is 20.9 Å². The molecule has 0 spiro atoms. The van der Waals surface area contributed by atoms with Crippen molar-refractivity contribution in [3.05, 3.63) is 24.1 Å². The van der Waals surface area contributed by atoms with Gasteiger partial charge in [0.1, 0.15) is 0 Å². The molecule has 2 heterocycles. The van der Waals surface area contributed by atoms with Crippen molar-refractivity contribution >= 4 is 10.0 Å². The maximum atomic E-state index is 13.7. The molecule has 7 heteroatoms. The number of rotatable bonds is 5. The van der Waals surface area contributed by atoms with Crippen LogP contribution in [0.2, 0.25) is 0 Å². The molecular weight excluding hydrogens is 281 g/mol. The summed E-state index contributed by atoms with van der Waals surface area (Å²) in [5.74, 6) is -0.530. The number of hydrogen-bond donors (Lipinski definition) is 1. The summed E-state index contributed by atoms with van der Waals surface area (Å²) in [6.07, 6.45) is 3.33. The normalized spacial score (nSPS) is 20.2. The van der Waals surface area contributed by atoms with Gasteiger partial charge in [-0.15, -0.1) is 0 Å². The first-order valence-corrected chi connectivity index (χ1v) is 8.31. The minimum Gasteiger partial charge on any atom is -0.316 e. The van der Waals surface area contributed by atoms with Crippen molar-refractivity contribution in [1.29, 1.82) is 0 Å². The quantitative estimate of drug-likeness (QED) is 0.888. The summed E-state index contributed by atoms with van der Waals surface area (Å²) in [6.45, 7) is 4.26. The molecule has 5 nitrogen and oxygen atoms in total. The summed E-state index contributed by atoms with van der Waals surface area (Å²) < 4.78 is 39.9. The van der Waals surface area contributed by atoms with Crippen LogP contribution in [0.5, 0.6) is 0 Å². The lowest BCUT2D eigenvalue weighted by Gasteiger charge is -2.28. The van der Waals surface area contributed by atoms with Crippen molar-refractivity contribution in [2.75, 3.05) is 26.2 Å². The van der Waals surface area contributed by atoms with Crippen LogP contribution >= 0.6 is 0 Å². The lowest BCUT2D eigenvalue weighted by molar-refractivity contribution is 0.296. The molecule has 1 aromatic rings. The molecular formula is C13H20FN3O2S. The van der Waals surface area contributed by atoms with Crippen LogP contribution in [0.15, 0.2) is 23.4 Å². The molecule has 0 saturated carbocycles. The largest absolute Gasteiger partial charge is 0.316 e. The zero-order valence-electron chi connectivity index (χ0n) is 11.5. The van der Waals surface area contributed by atoms with Crippen LogP contribution in [0, 0.1) is 11.7 Å². The highest BCUT2D eigenvalue weighted by atomic mass is 32.2. The Hall–Kier alpha value is -1.05. The molecule has 1 saturated heterocycles. The standard InChI is InChI=1S/C13H20FN3O2S/c1-2-17(10-11-5-3-7-15-9-11)20(18,19)13-12(14)6-4-8-16-13/h4,6,8,11,15H,2-3,5,7,9-10H2,1H3. The highest BCUT2D eigenvalue weighted by Crippen LogP contribution is 2.20. The highest BCUT2D eigenvalue weighted by molar-refractivity contribution is 7.89. The molecule has 2 rings (SSSR count). The first-order chi connectivity index (χ1) is 9.55. The second-order valence-corrected chi connectivity index (χ2v) is 6.81. The molecule has 1 aliphatic rings. The molecule has 1 atom stereocenters. The Kier molecular flexibility index (Phi) is 5.06. The SMILES string of the molecule is CCN(CC1CCCNC1)S(=O)(=O)c1ncccc1F. The topological polar surface area (TPSA) is 62.3 Å². The van der Waals surface area contributed by atoms with Crippen molar-refractivity contribution in [1.82, 2.24) is 14.6 Å². The fourth-order valence-corrected chi connectivity index (χ4v) is 3.95. The van der Waals surface area contributed by atoms with E-state index >= 15 is 0 Å². The molecule has 0 aromatic carbocycles. The predicted octanol–water partition coefficient (Wildman–Crippen LogP) is 1.23. The molecule has 1 fully saturated rings. The first-order valence-electron chi connectivity index (χ1n) is 6.87. The van der Waals surface area contributed by atoms with Crippen molar-refractivity contribution in [3.63, 3.8) is 0 Å². The monoisotopic (exact) mass is 301 g/mol. The van der Waals surface area contributed by atoms with E-state index in [0.29, 0.717) is 13.1 Å². The molecule has 112 valence electrons. The zero-order valence-corrected chi connectivity index (χ0v) is 12.4. The average Bonchev–Trinajstić information content (AvgIpc) is 2.46. The Labute approximate surface area is 119 Å². The van der Waals surface area contributed by atoms with Gasteiger partial charge >= 0.3 is 0 Å². The maximum Gasteiger partial charge on any atom is 0.263 e. The van der Waals surface area contributed by atoms with E-state index in [9.17, 15) is 12.8 Å². The molecule has 1 aliphatic heterocycles. The van der Waals surface area contributed by atoms with Crippen molar-refractivity contribution in [2.45, 2.75) is 24.8 Å². The van der Waals surface area contributed by atoms with Gasteiger partial charge in [-0.05, 0) is 44.0 Å². The number of hydrogen-bond acceptors (Lipinski definition) is 4. The predicted molar refractivity (Wildman–Crippen MR) is 74.2 cm³/mol. The van der Waals surface area contributed by atoms with Gasteiger partial charge in [-0.3, -0.25) is 0 Å². The minimum absolute atomic E-state index is 0.269. The Morgan fingerprint density at radius 2 is 2.35 bits per heavy atom. The average molecular weight is 301 g/mol. The van der Waals surface area contributed by atoms with Gasteiger partial charge in [0, 0.05) is 19.3 Å². The van der Waals surface area contributed by atoms with Crippen molar-refractivity contribution in [3.8, 4) is 0 Å². The molecule has 0 amide bonds. The minimum atomic E-state index is -3.86. The number of pyridine rings is 1. The van der Waals surface area contributed by atoms with Gasteiger partial charge in [0.2, 0.25) is 5.03 Å². The molecule has 20 heavy (non-hydrogen) atoms. The zero-order chi connectivity index (χ0) is 14.6. The van der Waals surface area contributed by atoms with Gasteiger partial charge in [-0.25, -0.2) is 17.8 Å². The molecule has 1 N–H and O–H groups in total. The van der Waals surface area contributed by atoms with Crippen LogP contribution in [-0.2, 0) is 10.0 Å². The van der Waals surface area contributed by atoms with E-state index in [2.05, 4.69) is 10.3 Å². The third-order valence-corrected chi connectivity index (χ3v) is 5.40. The molecule has 0 bridgehead atoms. The van der Waals surface area contributed by atoms with Crippen LogP contribution < -0.4 is 5.32 Å². The van der Waals surface area contributed by atoms with Crippen molar-refractivity contribution in [2.24, 2.45) is 5.92 Å². The number of halogens is 1. The van der Waals surface area contributed by atoms with E-state index in [4.69, 9.17) is 0 Å². The van der Waals surface area contributed by atoms with Crippen LogP contribution in [0.3, 0.4) is 0 Å². The van der Waals surface area contributed by atoms with Gasteiger partial charge < -0.3 is 5.32 Å². The Morgan fingerprint density at radius 3 is 2.95 bits per heavy atom. The highest BCUT2D eigenvalue weighted by Gasteiger charge is 2.30. The van der Waals surface area contributed by atoms with E-state index in [1.807, 2.05) is 0 Å². The lowest BCUT2D eigenvalue weighted by Crippen LogP contribution is -2.41. The first kappa shape index (κ1) is 15.3. The summed E-state index contributed by atoms with van der Waals surface area (Å²) in [7, 11) is -3.86. The van der Waals surface area contributed by atoms with Crippen LogP contribution in [0.4, 0.5) is 4.39 Å².